The van der Waals surface area contributed by atoms with E-state index in [0.29, 0.717) is 27.1 Å². The molecule has 0 saturated heterocycles. The first-order valence-corrected chi connectivity index (χ1v) is 8.03. The fraction of sp³-hybridized carbons (Fsp3) is 0.167. The monoisotopic (exact) mass is 347 g/mol. The van der Waals surface area contributed by atoms with Crippen molar-refractivity contribution < 1.29 is 9.21 Å². The molecule has 0 saturated carbocycles. The first-order valence-electron chi connectivity index (χ1n) is 7.28. The van der Waals surface area contributed by atoms with Crippen molar-refractivity contribution in [2.45, 2.75) is 20.3 Å². The van der Waals surface area contributed by atoms with Crippen LogP contribution >= 0.6 is 23.2 Å². The molecule has 0 aliphatic rings. The number of carbonyl (C=O) groups excluding carboxylic acids is 1. The Morgan fingerprint density at radius 3 is 2.65 bits per heavy atom. The van der Waals surface area contributed by atoms with Crippen molar-refractivity contribution in [1.29, 1.82) is 0 Å². The number of hydrogen-bond acceptors (Lipinski definition) is 2. The summed E-state index contributed by atoms with van der Waals surface area (Å²) in [6.45, 7) is 3.97. The first-order chi connectivity index (χ1) is 11.0. The lowest BCUT2D eigenvalue weighted by atomic mass is 10.1. The highest BCUT2D eigenvalue weighted by Crippen LogP contribution is 2.29. The van der Waals surface area contributed by atoms with E-state index in [1.54, 1.807) is 18.2 Å². The Hall–Kier alpha value is -1.97. The Morgan fingerprint density at radius 1 is 1.17 bits per heavy atom. The zero-order valence-electron chi connectivity index (χ0n) is 12.7. The lowest BCUT2D eigenvalue weighted by molar-refractivity contribution is 0.0998. The van der Waals surface area contributed by atoms with Crippen molar-refractivity contribution in [3.63, 3.8) is 0 Å². The number of nitrogens with one attached hydrogen (secondary N) is 1. The predicted molar refractivity (Wildman–Crippen MR) is 94.7 cm³/mol. The third-order valence-corrected chi connectivity index (χ3v) is 4.34. The van der Waals surface area contributed by atoms with Crippen molar-refractivity contribution >= 4 is 45.8 Å². The summed E-state index contributed by atoms with van der Waals surface area (Å²) in [6, 6.07) is 10.9. The molecule has 1 amide bonds. The van der Waals surface area contributed by atoms with Crippen LogP contribution < -0.4 is 5.32 Å². The fourth-order valence-corrected chi connectivity index (χ4v) is 2.93. The maximum atomic E-state index is 12.5. The number of aryl methyl sites for hydroxylation is 2. The molecule has 0 fully saturated rings. The van der Waals surface area contributed by atoms with Gasteiger partial charge in [-0.25, -0.2) is 0 Å². The van der Waals surface area contributed by atoms with Crippen molar-refractivity contribution in [3.05, 3.63) is 63.3 Å². The Kier molecular flexibility index (Phi) is 4.33. The van der Waals surface area contributed by atoms with Gasteiger partial charge in [-0.3, -0.25) is 4.79 Å². The molecule has 3 aromatic rings. The highest BCUT2D eigenvalue weighted by atomic mass is 35.5. The van der Waals surface area contributed by atoms with E-state index in [4.69, 9.17) is 27.6 Å². The molecule has 23 heavy (non-hydrogen) atoms. The molecule has 0 radical (unpaired) electrons. The minimum atomic E-state index is -0.332. The Balaban J connectivity index is 1.96. The van der Waals surface area contributed by atoms with E-state index in [-0.39, 0.29) is 5.91 Å². The second-order valence-electron chi connectivity index (χ2n) is 5.32. The van der Waals surface area contributed by atoms with E-state index < -0.39 is 0 Å². The quantitative estimate of drug-likeness (QED) is 0.644. The number of hydrogen-bond donors (Lipinski definition) is 1. The standard InChI is InChI=1S/C18H15Cl2NO2/c1-3-11-4-7-16-13(8-11)10(2)17(23-16)18(22)21-15-6-5-12(19)9-14(15)20/h4-9H,3H2,1-2H3,(H,21,22). The SMILES string of the molecule is CCc1ccc2oc(C(=O)Nc3ccc(Cl)cc3Cl)c(C)c2c1. The number of benzene rings is 2. The van der Waals surface area contributed by atoms with Crippen LogP contribution in [0.2, 0.25) is 10.0 Å². The molecule has 1 heterocycles. The molecule has 3 rings (SSSR count). The first kappa shape index (κ1) is 15.9. The number of furan rings is 1. The van der Waals surface area contributed by atoms with E-state index in [0.717, 1.165) is 17.4 Å². The second-order valence-corrected chi connectivity index (χ2v) is 6.16. The topological polar surface area (TPSA) is 42.2 Å². The molecule has 0 aliphatic carbocycles. The number of halogens is 2. The average molecular weight is 348 g/mol. The van der Waals surface area contributed by atoms with Gasteiger partial charge in [-0.15, -0.1) is 0 Å². The van der Waals surface area contributed by atoms with Crippen molar-refractivity contribution in [2.24, 2.45) is 0 Å². The van der Waals surface area contributed by atoms with Crippen LogP contribution in [0.3, 0.4) is 0 Å². The number of rotatable bonds is 3. The van der Waals surface area contributed by atoms with Gasteiger partial charge in [-0.05, 0) is 49.2 Å². The maximum absolute atomic E-state index is 12.5. The van der Waals surface area contributed by atoms with E-state index in [9.17, 15) is 4.79 Å². The summed E-state index contributed by atoms with van der Waals surface area (Å²) in [4.78, 5) is 12.5. The molecule has 0 atom stereocenters. The molecular formula is C18H15Cl2NO2. The van der Waals surface area contributed by atoms with Gasteiger partial charge in [0.1, 0.15) is 5.58 Å². The minimum Gasteiger partial charge on any atom is -0.451 e. The van der Waals surface area contributed by atoms with E-state index >= 15 is 0 Å². The van der Waals surface area contributed by atoms with E-state index in [1.807, 2.05) is 19.1 Å². The smallest absolute Gasteiger partial charge is 0.291 e. The molecule has 0 unspecified atom stereocenters. The van der Waals surface area contributed by atoms with Crippen molar-refractivity contribution in [2.75, 3.05) is 5.32 Å². The summed E-state index contributed by atoms with van der Waals surface area (Å²) in [5.74, 6) is -0.0414. The van der Waals surface area contributed by atoms with Gasteiger partial charge in [-0.1, -0.05) is 36.2 Å². The van der Waals surface area contributed by atoms with Crippen LogP contribution in [0.25, 0.3) is 11.0 Å². The van der Waals surface area contributed by atoms with Gasteiger partial charge in [0.2, 0.25) is 0 Å². The van der Waals surface area contributed by atoms with E-state index in [2.05, 4.69) is 18.3 Å². The number of anilines is 1. The van der Waals surface area contributed by atoms with Gasteiger partial charge >= 0.3 is 0 Å². The molecule has 5 heteroatoms. The summed E-state index contributed by atoms with van der Waals surface area (Å²) < 4.78 is 5.71. The van der Waals surface area contributed by atoms with Crippen LogP contribution in [0.5, 0.6) is 0 Å². The van der Waals surface area contributed by atoms with Crippen molar-refractivity contribution in [3.8, 4) is 0 Å². The second kappa shape index (κ2) is 6.26. The zero-order chi connectivity index (χ0) is 16.6. The summed E-state index contributed by atoms with van der Waals surface area (Å²) in [5.41, 5.74) is 3.22. The highest BCUT2D eigenvalue weighted by molar-refractivity contribution is 6.36. The van der Waals surface area contributed by atoms with Gasteiger partial charge in [0.25, 0.3) is 5.91 Å². The molecule has 2 aromatic carbocycles. The van der Waals surface area contributed by atoms with Gasteiger partial charge < -0.3 is 9.73 Å². The minimum absolute atomic E-state index is 0.291. The number of carbonyl (C=O) groups is 1. The van der Waals surface area contributed by atoms with Gasteiger partial charge in [0.15, 0.2) is 5.76 Å². The van der Waals surface area contributed by atoms with E-state index in [1.165, 1.54) is 5.56 Å². The van der Waals surface area contributed by atoms with Crippen LogP contribution in [0, 0.1) is 6.92 Å². The van der Waals surface area contributed by atoms with Crippen LogP contribution in [-0.2, 0) is 6.42 Å². The average Bonchev–Trinajstić information content (AvgIpc) is 2.86. The fourth-order valence-electron chi connectivity index (χ4n) is 2.47. The molecule has 118 valence electrons. The molecule has 0 bridgehead atoms. The van der Waals surface area contributed by atoms with Crippen LogP contribution in [0.4, 0.5) is 5.69 Å². The summed E-state index contributed by atoms with van der Waals surface area (Å²) >= 11 is 12.0. The van der Waals surface area contributed by atoms with Gasteiger partial charge in [-0.2, -0.15) is 0 Å². The molecule has 1 N–H and O–H groups in total. The number of amides is 1. The molecule has 3 nitrogen and oxygen atoms in total. The Bertz CT molecular complexity index is 899. The summed E-state index contributed by atoms with van der Waals surface area (Å²) in [6.07, 6.45) is 0.933. The normalized spacial score (nSPS) is 11.0. The summed E-state index contributed by atoms with van der Waals surface area (Å²) in [5, 5.41) is 4.61. The lowest BCUT2D eigenvalue weighted by Crippen LogP contribution is -2.12. The van der Waals surface area contributed by atoms with Gasteiger partial charge in [0, 0.05) is 16.0 Å². The molecule has 0 aliphatic heterocycles. The number of fused-ring (bicyclic) bond motifs is 1. The third kappa shape index (κ3) is 3.07. The third-order valence-electron chi connectivity index (χ3n) is 3.79. The molecule has 1 aromatic heterocycles. The summed E-state index contributed by atoms with van der Waals surface area (Å²) in [7, 11) is 0. The Labute approximate surface area is 144 Å². The van der Waals surface area contributed by atoms with Crippen LogP contribution in [-0.4, -0.2) is 5.91 Å². The molecular weight excluding hydrogens is 333 g/mol. The van der Waals surface area contributed by atoms with Crippen LogP contribution in [0.15, 0.2) is 40.8 Å². The predicted octanol–water partition coefficient (Wildman–Crippen LogP) is 5.86. The molecule has 0 spiro atoms. The maximum Gasteiger partial charge on any atom is 0.291 e. The van der Waals surface area contributed by atoms with Crippen molar-refractivity contribution in [1.82, 2.24) is 0 Å². The Morgan fingerprint density at radius 2 is 1.96 bits per heavy atom. The van der Waals surface area contributed by atoms with Crippen LogP contribution in [0.1, 0.15) is 28.6 Å². The van der Waals surface area contributed by atoms with Gasteiger partial charge in [0.05, 0.1) is 10.7 Å². The highest BCUT2D eigenvalue weighted by Gasteiger charge is 2.18. The largest absolute Gasteiger partial charge is 0.451 e. The zero-order valence-corrected chi connectivity index (χ0v) is 14.3. The lowest BCUT2D eigenvalue weighted by Gasteiger charge is -2.06.